The van der Waals surface area contributed by atoms with Crippen molar-refractivity contribution in [3.63, 3.8) is 0 Å². The average molecular weight is 330 g/mol. The maximum Gasteiger partial charge on any atom is 0.127 e. The third-order valence-corrected chi connectivity index (χ3v) is 4.26. The Bertz CT molecular complexity index is 427. The molecule has 2 nitrogen and oxygen atoms in total. The molecule has 0 amide bonds. The van der Waals surface area contributed by atoms with Crippen LogP contribution in [0.3, 0.4) is 0 Å². The minimum absolute atomic E-state index is 0.150. The van der Waals surface area contributed by atoms with Crippen molar-refractivity contribution in [2.24, 2.45) is 5.92 Å². The number of ether oxygens (including phenoxy) is 1. The van der Waals surface area contributed by atoms with E-state index in [1.165, 1.54) is 6.07 Å². The van der Waals surface area contributed by atoms with E-state index in [0.717, 1.165) is 29.6 Å². The monoisotopic (exact) mass is 329 g/mol. The van der Waals surface area contributed by atoms with Crippen LogP contribution in [-0.2, 0) is 11.2 Å². The standard InChI is InChI=1S/C15H21BrFNO/c1-3-18-14(15-10(2)6-7-19-15)8-11-4-5-12(16)9-13(11)17/h4-5,9-10,14-15,18H,3,6-8H2,1-2H3. The lowest BCUT2D eigenvalue weighted by Gasteiger charge is -2.27. The third-order valence-electron chi connectivity index (χ3n) is 3.76. The Balaban J connectivity index is 2.11. The molecule has 1 aliphatic heterocycles. The van der Waals surface area contributed by atoms with Crippen molar-refractivity contribution in [3.8, 4) is 0 Å². The molecule has 0 radical (unpaired) electrons. The van der Waals surface area contributed by atoms with Crippen molar-refractivity contribution in [1.82, 2.24) is 5.32 Å². The minimum Gasteiger partial charge on any atom is -0.376 e. The molecule has 2 rings (SSSR count). The zero-order chi connectivity index (χ0) is 13.8. The molecule has 1 N–H and O–H groups in total. The van der Waals surface area contributed by atoms with Gasteiger partial charge in [0.05, 0.1) is 6.10 Å². The molecule has 0 aliphatic carbocycles. The molecule has 1 aliphatic rings. The van der Waals surface area contributed by atoms with Crippen LogP contribution in [0.5, 0.6) is 0 Å². The van der Waals surface area contributed by atoms with Crippen LogP contribution in [-0.4, -0.2) is 25.3 Å². The van der Waals surface area contributed by atoms with Crippen molar-refractivity contribution < 1.29 is 9.13 Å². The van der Waals surface area contributed by atoms with Crippen molar-refractivity contribution in [1.29, 1.82) is 0 Å². The van der Waals surface area contributed by atoms with Gasteiger partial charge >= 0.3 is 0 Å². The van der Waals surface area contributed by atoms with Gasteiger partial charge in [0, 0.05) is 17.1 Å². The molecule has 3 atom stereocenters. The zero-order valence-corrected chi connectivity index (χ0v) is 13.0. The van der Waals surface area contributed by atoms with Gasteiger partial charge in [0.2, 0.25) is 0 Å². The Labute approximate surface area is 122 Å². The van der Waals surface area contributed by atoms with Crippen LogP contribution in [0.1, 0.15) is 25.8 Å². The summed E-state index contributed by atoms with van der Waals surface area (Å²) in [7, 11) is 0. The van der Waals surface area contributed by atoms with Crippen molar-refractivity contribution >= 4 is 15.9 Å². The van der Waals surface area contributed by atoms with E-state index < -0.39 is 0 Å². The fraction of sp³-hybridized carbons (Fsp3) is 0.600. The summed E-state index contributed by atoms with van der Waals surface area (Å²) in [6, 6.07) is 5.44. The highest BCUT2D eigenvalue weighted by molar-refractivity contribution is 9.10. The molecule has 3 unspecified atom stereocenters. The van der Waals surface area contributed by atoms with E-state index in [1.54, 1.807) is 0 Å². The molecular formula is C15H21BrFNO. The van der Waals surface area contributed by atoms with E-state index in [9.17, 15) is 4.39 Å². The molecule has 19 heavy (non-hydrogen) atoms. The summed E-state index contributed by atoms with van der Waals surface area (Å²) in [5, 5.41) is 3.44. The topological polar surface area (TPSA) is 21.3 Å². The molecule has 4 heteroatoms. The van der Waals surface area contributed by atoms with E-state index >= 15 is 0 Å². The average Bonchev–Trinajstić information content (AvgIpc) is 2.78. The van der Waals surface area contributed by atoms with Crippen LogP contribution >= 0.6 is 15.9 Å². The summed E-state index contributed by atoms with van der Waals surface area (Å²) in [6.45, 7) is 5.97. The number of rotatable bonds is 5. The highest BCUT2D eigenvalue weighted by Gasteiger charge is 2.32. The van der Waals surface area contributed by atoms with Gasteiger partial charge in [-0.1, -0.05) is 35.8 Å². The van der Waals surface area contributed by atoms with Gasteiger partial charge in [0.25, 0.3) is 0 Å². The van der Waals surface area contributed by atoms with Crippen LogP contribution in [0.2, 0.25) is 0 Å². The predicted octanol–water partition coefficient (Wildman–Crippen LogP) is 3.53. The van der Waals surface area contributed by atoms with Crippen LogP contribution < -0.4 is 5.32 Å². The highest BCUT2D eigenvalue weighted by atomic mass is 79.9. The van der Waals surface area contributed by atoms with Gasteiger partial charge in [0.1, 0.15) is 5.82 Å². The summed E-state index contributed by atoms with van der Waals surface area (Å²) in [4.78, 5) is 0. The predicted molar refractivity (Wildman–Crippen MR) is 78.8 cm³/mol. The second kappa shape index (κ2) is 6.82. The molecule has 1 fully saturated rings. The Hall–Kier alpha value is -0.450. The Morgan fingerprint density at radius 2 is 2.32 bits per heavy atom. The van der Waals surface area contributed by atoms with Crippen LogP contribution in [0, 0.1) is 11.7 Å². The lowest BCUT2D eigenvalue weighted by Crippen LogP contribution is -2.43. The Morgan fingerprint density at radius 1 is 1.53 bits per heavy atom. The van der Waals surface area contributed by atoms with E-state index in [1.807, 2.05) is 12.1 Å². The lowest BCUT2D eigenvalue weighted by molar-refractivity contribution is 0.0613. The molecule has 1 heterocycles. The molecule has 1 aromatic rings. The van der Waals surface area contributed by atoms with Gasteiger partial charge in [-0.2, -0.15) is 0 Å². The highest BCUT2D eigenvalue weighted by Crippen LogP contribution is 2.26. The number of hydrogen-bond donors (Lipinski definition) is 1. The maximum atomic E-state index is 13.9. The van der Waals surface area contributed by atoms with E-state index in [4.69, 9.17) is 4.74 Å². The SMILES string of the molecule is CCNC(Cc1ccc(Br)cc1F)C1OCCC1C. The van der Waals surface area contributed by atoms with Crippen LogP contribution in [0.4, 0.5) is 4.39 Å². The van der Waals surface area contributed by atoms with Crippen molar-refractivity contribution in [2.45, 2.75) is 38.8 Å². The third kappa shape index (κ3) is 3.77. The number of nitrogens with one attached hydrogen (secondary N) is 1. The first-order chi connectivity index (χ1) is 9.11. The Morgan fingerprint density at radius 3 is 2.89 bits per heavy atom. The first kappa shape index (κ1) is 14.9. The maximum absolute atomic E-state index is 13.9. The van der Waals surface area contributed by atoms with E-state index in [2.05, 4.69) is 35.1 Å². The molecule has 106 valence electrons. The lowest BCUT2D eigenvalue weighted by atomic mass is 9.92. The van der Waals surface area contributed by atoms with Crippen LogP contribution in [0.25, 0.3) is 0 Å². The minimum atomic E-state index is -0.150. The van der Waals surface area contributed by atoms with Crippen molar-refractivity contribution in [2.75, 3.05) is 13.2 Å². The van der Waals surface area contributed by atoms with Crippen LogP contribution in [0.15, 0.2) is 22.7 Å². The molecule has 0 aromatic heterocycles. The zero-order valence-electron chi connectivity index (χ0n) is 11.5. The molecular weight excluding hydrogens is 309 g/mol. The summed E-state index contributed by atoms with van der Waals surface area (Å²) in [6.07, 6.45) is 1.94. The van der Waals surface area contributed by atoms with E-state index in [-0.39, 0.29) is 18.0 Å². The molecule has 0 saturated carbocycles. The van der Waals surface area contributed by atoms with Gasteiger partial charge in [-0.25, -0.2) is 4.39 Å². The van der Waals surface area contributed by atoms with Gasteiger partial charge < -0.3 is 10.1 Å². The number of benzene rings is 1. The number of hydrogen-bond acceptors (Lipinski definition) is 2. The first-order valence-corrected chi connectivity index (χ1v) is 7.70. The van der Waals surface area contributed by atoms with Gasteiger partial charge in [-0.3, -0.25) is 0 Å². The smallest absolute Gasteiger partial charge is 0.127 e. The fourth-order valence-corrected chi connectivity index (χ4v) is 3.06. The molecule has 0 bridgehead atoms. The molecule has 1 aromatic carbocycles. The summed E-state index contributed by atoms with van der Waals surface area (Å²) >= 11 is 3.29. The van der Waals surface area contributed by atoms with Gasteiger partial charge in [-0.05, 0) is 43.0 Å². The number of likely N-dealkylation sites (N-methyl/N-ethyl adjacent to an activating group) is 1. The van der Waals surface area contributed by atoms with Gasteiger partial charge in [-0.15, -0.1) is 0 Å². The first-order valence-electron chi connectivity index (χ1n) is 6.90. The van der Waals surface area contributed by atoms with Gasteiger partial charge in [0.15, 0.2) is 0 Å². The van der Waals surface area contributed by atoms with E-state index in [0.29, 0.717) is 12.3 Å². The Kier molecular flexibility index (Phi) is 5.37. The normalized spacial score (nSPS) is 24.6. The summed E-state index contributed by atoms with van der Waals surface area (Å²) in [5.74, 6) is 0.380. The molecule has 0 spiro atoms. The molecule has 1 saturated heterocycles. The fourth-order valence-electron chi connectivity index (χ4n) is 2.72. The summed E-state index contributed by atoms with van der Waals surface area (Å²) < 4.78 is 20.5. The second-order valence-corrected chi connectivity index (χ2v) is 6.12. The quantitative estimate of drug-likeness (QED) is 0.892. The largest absolute Gasteiger partial charge is 0.376 e. The second-order valence-electron chi connectivity index (χ2n) is 5.21. The van der Waals surface area contributed by atoms with Crippen molar-refractivity contribution in [3.05, 3.63) is 34.1 Å². The summed E-state index contributed by atoms with van der Waals surface area (Å²) in [5.41, 5.74) is 0.747. The number of halogens is 2.